The smallest absolute Gasteiger partial charge is 0.231 e. The number of phenols is 1. The van der Waals surface area contributed by atoms with Crippen molar-refractivity contribution in [3.8, 4) is 34.8 Å². The standard InChI is InChI=1S/C29H34N4O5/c1-6-7-36-27-15(3)28-29(38-13-37-28)23-17(27)10-19-24-22-16(8-14(2)26(35-5)25(22)34)9-18(32(24)4)20(11-30)33(19)21(23)12-31/h6,8,18-21,24,34H,1,7,9-10,12-13,31H2,2-5H3/t18-,19?,20-,21-,24?/m0/s1. The maximum atomic E-state index is 11.5. The second kappa shape index (κ2) is 9.09. The highest BCUT2D eigenvalue weighted by molar-refractivity contribution is 5.66. The summed E-state index contributed by atoms with van der Waals surface area (Å²) in [6.45, 7) is 8.52. The normalized spacial score (nSPS) is 27.1. The first-order chi connectivity index (χ1) is 18.4. The Morgan fingerprint density at radius 2 is 1.97 bits per heavy atom. The minimum absolute atomic E-state index is 0.0660. The molecule has 4 aliphatic rings. The van der Waals surface area contributed by atoms with E-state index in [9.17, 15) is 10.4 Å². The summed E-state index contributed by atoms with van der Waals surface area (Å²) in [5.41, 5.74) is 12.2. The van der Waals surface area contributed by atoms with Gasteiger partial charge in [-0.25, -0.2) is 0 Å². The lowest BCUT2D eigenvalue weighted by atomic mass is 9.71. The van der Waals surface area contributed by atoms with Crippen molar-refractivity contribution in [2.45, 2.75) is 56.9 Å². The van der Waals surface area contributed by atoms with Gasteiger partial charge in [-0.2, -0.15) is 5.26 Å². The number of ether oxygens (including phenoxy) is 4. The van der Waals surface area contributed by atoms with Gasteiger partial charge in [0, 0.05) is 40.9 Å². The predicted molar refractivity (Wildman–Crippen MR) is 141 cm³/mol. The van der Waals surface area contributed by atoms with Crippen molar-refractivity contribution in [2.75, 3.05) is 34.1 Å². The molecule has 0 saturated carbocycles. The van der Waals surface area contributed by atoms with Crippen LogP contribution in [0.4, 0.5) is 0 Å². The van der Waals surface area contributed by atoms with Crippen LogP contribution < -0.4 is 24.7 Å². The zero-order valence-electron chi connectivity index (χ0n) is 22.3. The van der Waals surface area contributed by atoms with Crippen LogP contribution in [-0.4, -0.2) is 67.1 Å². The van der Waals surface area contributed by atoms with Gasteiger partial charge in [0.15, 0.2) is 23.0 Å². The Balaban J connectivity index is 1.60. The van der Waals surface area contributed by atoms with Crippen molar-refractivity contribution in [3.05, 3.63) is 52.1 Å². The number of phenolic OH excluding ortho intramolecular Hbond substituents is 1. The summed E-state index contributed by atoms with van der Waals surface area (Å²) < 4.78 is 23.8. The highest BCUT2D eigenvalue weighted by Gasteiger charge is 2.56. The molecule has 9 heteroatoms. The van der Waals surface area contributed by atoms with Gasteiger partial charge in [-0.05, 0) is 44.9 Å². The molecule has 1 saturated heterocycles. The van der Waals surface area contributed by atoms with E-state index in [1.807, 2.05) is 13.8 Å². The lowest BCUT2D eigenvalue weighted by molar-refractivity contribution is -0.0710. The number of aromatic hydroxyl groups is 1. The van der Waals surface area contributed by atoms with Crippen molar-refractivity contribution in [1.29, 1.82) is 5.26 Å². The number of hydrogen-bond donors (Lipinski definition) is 2. The van der Waals surface area contributed by atoms with E-state index >= 15 is 0 Å². The average molecular weight is 519 g/mol. The molecule has 3 N–H and O–H groups in total. The van der Waals surface area contributed by atoms with Gasteiger partial charge in [0.1, 0.15) is 18.4 Å². The fraction of sp³-hybridized carbons (Fsp3) is 0.483. The van der Waals surface area contributed by atoms with Crippen LogP contribution in [0, 0.1) is 25.2 Å². The van der Waals surface area contributed by atoms with Gasteiger partial charge in [0.25, 0.3) is 0 Å². The molecule has 4 heterocycles. The molecule has 0 amide bonds. The first kappa shape index (κ1) is 24.9. The fourth-order valence-corrected chi connectivity index (χ4v) is 7.40. The number of piperazine rings is 1. The van der Waals surface area contributed by atoms with Gasteiger partial charge in [-0.15, -0.1) is 0 Å². The van der Waals surface area contributed by atoms with Gasteiger partial charge in [-0.1, -0.05) is 18.7 Å². The molecule has 2 aromatic carbocycles. The molecule has 0 radical (unpaired) electrons. The molecule has 0 aliphatic carbocycles. The summed E-state index contributed by atoms with van der Waals surface area (Å²) in [5.74, 6) is 2.78. The molecular formula is C29H34N4O5. The topological polar surface area (TPSA) is 113 Å². The highest BCUT2D eigenvalue weighted by Crippen LogP contribution is 2.58. The molecule has 0 spiro atoms. The summed E-state index contributed by atoms with van der Waals surface area (Å²) in [4.78, 5) is 4.52. The van der Waals surface area contributed by atoms with E-state index < -0.39 is 6.04 Å². The van der Waals surface area contributed by atoms with E-state index in [-0.39, 0.29) is 36.7 Å². The van der Waals surface area contributed by atoms with Crippen LogP contribution in [0.15, 0.2) is 18.7 Å². The molecule has 1 fully saturated rings. The first-order valence-corrected chi connectivity index (χ1v) is 13.0. The number of nitrogens with zero attached hydrogens (tertiary/aromatic N) is 3. The molecule has 0 aromatic heterocycles. The van der Waals surface area contributed by atoms with Crippen LogP contribution in [0.25, 0.3) is 0 Å². The number of benzene rings is 2. The Morgan fingerprint density at radius 1 is 1.21 bits per heavy atom. The summed E-state index contributed by atoms with van der Waals surface area (Å²) in [7, 11) is 3.64. The second-order valence-corrected chi connectivity index (χ2v) is 10.6. The SMILES string of the molecule is C=CCOc1c(C)c2c(c3c1CC1C4c5c(cc(C)c(OC)c5O)C[C@@H]([C@H](C#N)N1[C@H]3CN)N4C)OCO2. The molecule has 200 valence electrons. The number of aryl methyl sites for hydroxylation is 1. The van der Waals surface area contributed by atoms with E-state index in [1.54, 1.807) is 13.2 Å². The number of rotatable bonds is 5. The molecule has 4 aliphatic heterocycles. The summed E-state index contributed by atoms with van der Waals surface area (Å²) >= 11 is 0. The van der Waals surface area contributed by atoms with Crippen LogP contribution in [-0.2, 0) is 12.8 Å². The van der Waals surface area contributed by atoms with E-state index in [0.717, 1.165) is 39.1 Å². The summed E-state index contributed by atoms with van der Waals surface area (Å²) in [6, 6.07) is 3.64. The lowest BCUT2D eigenvalue weighted by Gasteiger charge is -2.60. The van der Waals surface area contributed by atoms with Gasteiger partial charge >= 0.3 is 0 Å². The maximum absolute atomic E-state index is 11.5. The summed E-state index contributed by atoms with van der Waals surface area (Å²) in [5, 5.41) is 22.0. The molecule has 2 aromatic rings. The van der Waals surface area contributed by atoms with Crippen LogP contribution >= 0.6 is 0 Å². The molecule has 38 heavy (non-hydrogen) atoms. The number of nitrogens with two attached hydrogens (primary N) is 1. The van der Waals surface area contributed by atoms with Crippen molar-refractivity contribution in [3.63, 3.8) is 0 Å². The predicted octanol–water partition coefficient (Wildman–Crippen LogP) is 3.04. The third-order valence-corrected chi connectivity index (χ3v) is 8.83. The number of nitriles is 1. The van der Waals surface area contributed by atoms with Crippen molar-refractivity contribution in [2.24, 2.45) is 5.73 Å². The minimum atomic E-state index is -0.405. The number of likely N-dealkylation sites (N-methyl/N-ethyl adjacent to an activating group) is 1. The molecular weight excluding hydrogens is 484 g/mol. The maximum Gasteiger partial charge on any atom is 0.231 e. The van der Waals surface area contributed by atoms with Crippen LogP contribution in [0.1, 0.15) is 45.5 Å². The third kappa shape index (κ3) is 3.20. The Hall–Kier alpha value is -3.45. The molecule has 2 unspecified atom stereocenters. The van der Waals surface area contributed by atoms with E-state index in [4.69, 9.17) is 24.7 Å². The van der Waals surface area contributed by atoms with Gasteiger partial charge in [0.05, 0.1) is 25.3 Å². The van der Waals surface area contributed by atoms with Gasteiger partial charge < -0.3 is 29.8 Å². The average Bonchev–Trinajstić information content (AvgIpc) is 3.39. The Kier molecular flexibility index (Phi) is 5.94. The molecule has 2 bridgehead atoms. The quantitative estimate of drug-likeness (QED) is 0.577. The second-order valence-electron chi connectivity index (χ2n) is 10.6. The van der Waals surface area contributed by atoms with Gasteiger partial charge in [0.2, 0.25) is 6.79 Å². The van der Waals surface area contributed by atoms with Crippen LogP contribution in [0.3, 0.4) is 0 Å². The van der Waals surface area contributed by atoms with E-state index in [1.165, 1.54) is 0 Å². The highest BCUT2D eigenvalue weighted by atomic mass is 16.7. The third-order valence-electron chi connectivity index (χ3n) is 8.83. The van der Waals surface area contributed by atoms with Gasteiger partial charge in [-0.3, -0.25) is 9.80 Å². The number of hydrogen-bond acceptors (Lipinski definition) is 9. The Morgan fingerprint density at radius 3 is 2.66 bits per heavy atom. The van der Waals surface area contributed by atoms with Crippen molar-refractivity contribution in [1.82, 2.24) is 9.80 Å². The number of fused-ring (bicyclic) bond motifs is 9. The van der Waals surface area contributed by atoms with E-state index in [0.29, 0.717) is 43.2 Å². The molecule has 6 rings (SSSR count). The zero-order valence-corrected chi connectivity index (χ0v) is 22.3. The largest absolute Gasteiger partial charge is 0.504 e. The van der Waals surface area contributed by atoms with Crippen molar-refractivity contribution < 1.29 is 24.1 Å². The monoisotopic (exact) mass is 518 g/mol. The lowest BCUT2D eigenvalue weighted by Crippen LogP contribution is -2.68. The Bertz CT molecular complexity index is 1370. The molecule has 5 atom stereocenters. The zero-order chi connectivity index (χ0) is 26.9. The minimum Gasteiger partial charge on any atom is -0.504 e. The first-order valence-electron chi connectivity index (χ1n) is 13.0. The summed E-state index contributed by atoms with van der Waals surface area (Å²) in [6.07, 6.45) is 2.96. The Labute approximate surface area is 222 Å². The van der Waals surface area contributed by atoms with Crippen LogP contribution in [0.5, 0.6) is 28.7 Å². The van der Waals surface area contributed by atoms with Crippen molar-refractivity contribution >= 4 is 0 Å². The molecule has 9 nitrogen and oxygen atoms in total. The van der Waals surface area contributed by atoms with Crippen LogP contribution in [0.2, 0.25) is 0 Å². The fourth-order valence-electron chi connectivity index (χ4n) is 7.40. The van der Waals surface area contributed by atoms with E-state index in [2.05, 4.69) is 35.6 Å². The number of methoxy groups -OCH3 is 1.